The standard InChI is InChI=1S/C22H23ClN4O2/c1-3-11-27-19(16-9-5-6-10-17(16)23)14-25-13-18(24-20(25)22(27)29)21(28)26-12-7-8-15(26)4-2/h3,5-6,9-10,13-15H,1,4,7-8,11-12H2,2H3. The second-order valence-corrected chi connectivity index (χ2v) is 7.67. The normalized spacial score (nSPS) is 16.5. The number of carbonyl (C=O) groups excluding carboxylic acids is 1. The van der Waals surface area contributed by atoms with E-state index in [4.69, 9.17) is 11.6 Å². The van der Waals surface area contributed by atoms with Gasteiger partial charge >= 0.3 is 0 Å². The molecule has 4 rings (SSSR count). The van der Waals surface area contributed by atoms with E-state index in [1.54, 1.807) is 33.5 Å². The minimum Gasteiger partial charge on any atom is -0.334 e. The number of fused-ring (bicyclic) bond motifs is 1. The van der Waals surface area contributed by atoms with Gasteiger partial charge in [0.05, 0.1) is 5.69 Å². The number of carbonyl (C=O) groups is 1. The second-order valence-electron chi connectivity index (χ2n) is 7.26. The van der Waals surface area contributed by atoms with Gasteiger partial charge in [-0.1, -0.05) is 42.8 Å². The summed E-state index contributed by atoms with van der Waals surface area (Å²) in [5.74, 6) is -0.119. The molecule has 29 heavy (non-hydrogen) atoms. The van der Waals surface area contributed by atoms with Gasteiger partial charge in [0.2, 0.25) is 5.65 Å². The first kappa shape index (κ1) is 19.5. The van der Waals surface area contributed by atoms with Gasteiger partial charge in [0, 0.05) is 42.1 Å². The van der Waals surface area contributed by atoms with Crippen LogP contribution in [0.15, 0.2) is 54.1 Å². The van der Waals surface area contributed by atoms with E-state index >= 15 is 0 Å². The zero-order valence-electron chi connectivity index (χ0n) is 16.3. The van der Waals surface area contributed by atoms with Gasteiger partial charge in [0.1, 0.15) is 5.69 Å². The topological polar surface area (TPSA) is 59.6 Å². The van der Waals surface area contributed by atoms with Crippen molar-refractivity contribution in [3.8, 4) is 11.3 Å². The lowest BCUT2D eigenvalue weighted by Crippen LogP contribution is -2.35. The maximum absolute atomic E-state index is 13.2. The van der Waals surface area contributed by atoms with Crippen LogP contribution in [0.4, 0.5) is 0 Å². The third-order valence-electron chi connectivity index (χ3n) is 5.51. The summed E-state index contributed by atoms with van der Waals surface area (Å²) >= 11 is 6.38. The van der Waals surface area contributed by atoms with E-state index in [2.05, 4.69) is 18.5 Å². The third kappa shape index (κ3) is 3.38. The molecule has 2 aromatic heterocycles. The first-order valence-electron chi connectivity index (χ1n) is 9.84. The molecule has 1 aromatic carbocycles. The van der Waals surface area contributed by atoms with Crippen LogP contribution < -0.4 is 5.56 Å². The minimum absolute atomic E-state index is 0.119. The molecule has 6 nitrogen and oxygen atoms in total. The summed E-state index contributed by atoms with van der Waals surface area (Å²) in [6, 6.07) is 7.60. The molecule has 1 aliphatic heterocycles. The van der Waals surface area contributed by atoms with E-state index in [0.29, 0.717) is 23.0 Å². The van der Waals surface area contributed by atoms with E-state index in [1.807, 2.05) is 23.1 Å². The Hall–Kier alpha value is -2.86. The fourth-order valence-electron chi connectivity index (χ4n) is 4.05. The number of hydrogen-bond acceptors (Lipinski definition) is 3. The van der Waals surface area contributed by atoms with Crippen LogP contribution in [-0.4, -0.2) is 37.3 Å². The van der Waals surface area contributed by atoms with E-state index < -0.39 is 0 Å². The summed E-state index contributed by atoms with van der Waals surface area (Å²) in [6.45, 7) is 6.89. The van der Waals surface area contributed by atoms with Crippen LogP contribution in [0.25, 0.3) is 16.9 Å². The predicted molar refractivity (Wildman–Crippen MR) is 114 cm³/mol. The second kappa shape index (κ2) is 7.87. The van der Waals surface area contributed by atoms with Crippen LogP contribution in [-0.2, 0) is 6.54 Å². The molecule has 1 unspecified atom stereocenters. The van der Waals surface area contributed by atoms with E-state index in [0.717, 1.165) is 31.4 Å². The quantitative estimate of drug-likeness (QED) is 0.597. The lowest BCUT2D eigenvalue weighted by atomic mass is 10.1. The molecule has 0 spiro atoms. The Kier molecular flexibility index (Phi) is 5.28. The van der Waals surface area contributed by atoms with Gasteiger partial charge in [-0.3, -0.25) is 18.6 Å². The Morgan fingerprint density at radius 1 is 1.34 bits per heavy atom. The SMILES string of the molecule is C=CCn1c(-c2ccccc2Cl)cn2cc(C(=O)N3CCCC3CC)nc2c1=O. The lowest BCUT2D eigenvalue weighted by molar-refractivity contribution is 0.0728. The number of nitrogens with zero attached hydrogens (tertiary/aromatic N) is 4. The molecule has 1 atom stereocenters. The molecule has 0 radical (unpaired) electrons. The predicted octanol–water partition coefficient (Wildman–Crippen LogP) is 4.02. The van der Waals surface area contributed by atoms with Crippen molar-refractivity contribution in [3.05, 3.63) is 70.4 Å². The first-order chi connectivity index (χ1) is 14.0. The molecule has 150 valence electrons. The van der Waals surface area contributed by atoms with Crippen molar-refractivity contribution in [2.24, 2.45) is 0 Å². The molecule has 0 saturated carbocycles. The van der Waals surface area contributed by atoms with Gasteiger partial charge in [-0.2, -0.15) is 0 Å². The van der Waals surface area contributed by atoms with E-state index in [-0.39, 0.29) is 23.2 Å². The Morgan fingerprint density at radius 2 is 2.14 bits per heavy atom. The average molecular weight is 411 g/mol. The number of amides is 1. The molecule has 0 N–H and O–H groups in total. The average Bonchev–Trinajstić information content (AvgIpc) is 3.37. The number of benzene rings is 1. The maximum Gasteiger partial charge on any atom is 0.295 e. The molecule has 1 amide bonds. The molecule has 0 bridgehead atoms. The maximum atomic E-state index is 13.2. The van der Waals surface area contributed by atoms with Gasteiger partial charge in [-0.25, -0.2) is 4.98 Å². The molecular formula is C22H23ClN4O2. The van der Waals surface area contributed by atoms with Gasteiger partial charge in [0.25, 0.3) is 11.5 Å². The Balaban J connectivity index is 1.86. The van der Waals surface area contributed by atoms with Crippen molar-refractivity contribution in [2.45, 2.75) is 38.8 Å². The highest BCUT2D eigenvalue weighted by Crippen LogP contribution is 2.27. The lowest BCUT2D eigenvalue weighted by Gasteiger charge is -2.22. The largest absolute Gasteiger partial charge is 0.334 e. The molecule has 3 heterocycles. The van der Waals surface area contributed by atoms with Crippen LogP contribution in [0.1, 0.15) is 36.7 Å². The summed E-state index contributed by atoms with van der Waals surface area (Å²) < 4.78 is 3.21. The molecule has 1 fully saturated rings. The molecule has 7 heteroatoms. The van der Waals surface area contributed by atoms with Crippen LogP contribution >= 0.6 is 11.6 Å². The highest BCUT2D eigenvalue weighted by atomic mass is 35.5. The first-order valence-corrected chi connectivity index (χ1v) is 10.2. The van der Waals surface area contributed by atoms with Gasteiger partial charge in [-0.15, -0.1) is 6.58 Å². The number of rotatable bonds is 5. The van der Waals surface area contributed by atoms with Crippen molar-refractivity contribution in [2.75, 3.05) is 6.54 Å². The van der Waals surface area contributed by atoms with Crippen molar-refractivity contribution in [1.29, 1.82) is 0 Å². The molecule has 1 aliphatic rings. The van der Waals surface area contributed by atoms with Crippen LogP contribution in [0.2, 0.25) is 5.02 Å². The smallest absolute Gasteiger partial charge is 0.295 e. The van der Waals surface area contributed by atoms with Crippen LogP contribution in [0.3, 0.4) is 0 Å². The van der Waals surface area contributed by atoms with Gasteiger partial charge in [-0.05, 0) is 25.3 Å². The van der Waals surface area contributed by atoms with E-state index in [9.17, 15) is 9.59 Å². The number of aromatic nitrogens is 3. The highest BCUT2D eigenvalue weighted by molar-refractivity contribution is 6.33. The zero-order chi connectivity index (χ0) is 20.5. The monoisotopic (exact) mass is 410 g/mol. The molecular weight excluding hydrogens is 388 g/mol. The van der Waals surface area contributed by atoms with Crippen LogP contribution in [0, 0.1) is 0 Å². The number of likely N-dealkylation sites (tertiary alicyclic amines) is 1. The van der Waals surface area contributed by atoms with Gasteiger partial charge in [0.15, 0.2) is 0 Å². The summed E-state index contributed by atoms with van der Waals surface area (Å²) in [4.78, 5) is 32.5. The number of halogens is 1. The third-order valence-corrected chi connectivity index (χ3v) is 5.84. The molecule has 0 aliphatic carbocycles. The summed E-state index contributed by atoms with van der Waals surface area (Å²) in [5.41, 5.74) is 1.62. The molecule has 3 aromatic rings. The van der Waals surface area contributed by atoms with Crippen molar-refractivity contribution >= 4 is 23.2 Å². The van der Waals surface area contributed by atoms with Gasteiger partial charge < -0.3 is 4.90 Å². The summed E-state index contributed by atoms with van der Waals surface area (Å²) in [5, 5.41) is 0.545. The fraction of sp³-hybridized carbons (Fsp3) is 0.318. The molecule has 1 saturated heterocycles. The number of hydrogen-bond donors (Lipinski definition) is 0. The Morgan fingerprint density at radius 3 is 2.86 bits per heavy atom. The Labute approximate surface area is 174 Å². The van der Waals surface area contributed by atoms with Crippen LogP contribution in [0.5, 0.6) is 0 Å². The Bertz CT molecular complexity index is 1150. The summed E-state index contributed by atoms with van der Waals surface area (Å²) in [6.07, 6.45) is 8.03. The fourth-order valence-corrected chi connectivity index (χ4v) is 4.29. The summed E-state index contributed by atoms with van der Waals surface area (Å²) in [7, 11) is 0. The number of allylic oxidation sites excluding steroid dienone is 1. The van der Waals surface area contributed by atoms with Crippen molar-refractivity contribution in [1.82, 2.24) is 18.9 Å². The highest BCUT2D eigenvalue weighted by Gasteiger charge is 2.30. The zero-order valence-corrected chi connectivity index (χ0v) is 17.1. The number of imidazole rings is 1. The van der Waals surface area contributed by atoms with Crippen molar-refractivity contribution < 1.29 is 4.79 Å². The van der Waals surface area contributed by atoms with E-state index in [1.165, 1.54) is 0 Å². The minimum atomic E-state index is -0.283. The van der Waals surface area contributed by atoms with Crippen molar-refractivity contribution in [3.63, 3.8) is 0 Å².